The Labute approximate surface area is 113 Å². The second kappa shape index (κ2) is 6.52. The minimum absolute atomic E-state index is 0.00870. The van der Waals surface area contributed by atoms with Crippen molar-refractivity contribution >= 4 is 5.91 Å². The third kappa shape index (κ3) is 4.87. The van der Waals surface area contributed by atoms with Crippen LogP contribution in [0.25, 0.3) is 0 Å². The van der Waals surface area contributed by atoms with Crippen LogP contribution in [0, 0.1) is 5.41 Å². The number of rotatable bonds is 6. The van der Waals surface area contributed by atoms with E-state index in [1.165, 1.54) is 10.6 Å². The molecule has 0 aliphatic heterocycles. The van der Waals surface area contributed by atoms with Crippen LogP contribution in [0.5, 0.6) is 0 Å². The quantitative estimate of drug-likeness (QED) is 0.801. The number of carbonyl (C=O) groups is 1. The molecule has 1 amide bonds. The van der Waals surface area contributed by atoms with Gasteiger partial charge in [0.2, 0.25) is 0 Å². The lowest BCUT2D eigenvalue weighted by atomic mass is 9.87. The van der Waals surface area contributed by atoms with Crippen LogP contribution in [-0.4, -0.2) is 23.6 Å². The van der Waals surface area contributed by atoms with Crippen molar-refractivity contribution in [2.24, 2.45) is 18.2 Å². The Kier molecular flexibility index (Phi) is 5.30. The molecule has 0 radical (unpaired) electrons. The summed E-state index contributed by atoms with van der Waals surface area (Å²) in [6.45, 7) is 5.41. The van der Waals surface area contributed by atoms with E-state index in [0.717, 1.165) is 12.8 Å². The molecule has 3 N–H and O–H groups in total. The van der Waals surface area contributed by atoms with E-state index in [2.05, 4.69) is 19.2 Å². The van der Waals surface area contributed by atoms with E-state index in [1.54, 1.807) is 19.3 Å². The van der Waals surface area contributed by atoms with E-state index >= 15 is 0 Å². The van der Waals surface area contributed by atoms with Gasteiger partial charge in [0.25, 0.3) is 11.5 Å². The molecule has 106 valence electrons. The maximum atomic E-state index is 11.9. The second-order valence-corrected chi connectivity index (χ2v) is 5.60. The molecular formula is C14H23N3O2. The minimum Gasteiger partial charge on any atom is -0.351 e. The Bertz CT molecular complexity index is 492. The summed E-state index contributed by atoms with van der Waals surface area (Å²) in [6, 6.07) is 2.99. The zero-order chi connectivity index (χ0) is 14.5. The molecule has 0 fully saturated rings. The molecule has 5 nitrogen and oxygen atoms in total. The number of carbonyl (C=O) groups excluding carboxylic acids is 1. The van der Waals surface area contributed by atoms with Crippen LogP contribution < -0.4 is 16.6 Å². The van der Waals surface area contributed by atoms with Crippen LogP contribution in [0.2, 0.25) is 0 Å². The summed E-state index contributed by atoms with van der Waals surface area (Å²) < 4.78 is 1.43. The molecular weight excluding hydrogens is 242 g/mol. The Balaban J connectivity index is 2.60. The molecule has 19 heavy (non-hydrogen) atoms. The largest absolute Gasteiger partial charge is 0.351 e. The van der Waals surface area contributed by atoms with Gasteiger partial charge in [-0.1, -0.05) is 13.8 Å². The minimum atomic E-state index is -0.210. The maximum Gasteiger partial charge on any atom is 0.251 e. The van der Waals surface area contributed by atoms with Crippen LogP contribution in [0.4, 0.5) is 0 Å². The highest BCUT2D eigenvalue weighted by Gasteiger charge is 2.18. The highest BCUT2D eigenvalue weighted by molar-refractivity contribution is 5.93. The molecule has 0 saturated carbocycles. The number of hydrogen-bond donors (Lipinski definition) is 2. The van der Waals surface area contributed by atoms with Gasteiger partial charge in [-0.2, -0.15) is 0 Å². The summed E-state index contributed by atoms with van der Waals surface area (Å²) in [6.07, 6.45) is 3.49. The number of aryl methyl sites for hydroxylation is 1. The molecule has 0 bridgehead atoms. The van der Waals surface area contributed by atoms with E-state index in [0.29, 0.717) is 18.7 Å². The lowest BCUT2D eigenvalue weighted by Gasteiger charge is -2.24. The number of pyridine rings is 1. The van der Waals surface area contributed by atoms with Crippen molar-refractivity contribution in [2.45, 2.75) is 26.7 Å². The molecule has 0 atom stereocenters. The van der Waals surface area contributed by atoms with Gasteiger partial charge in [-0.15, -0.1) is 0 Å². The molecule has 0 aliphatic rings. The Hall–Kier alpha value is -1.62. The predicted molar refractivity (Wildman–Crippen MR) is 76.1 cm³/mol. The fourth-order valence-corrected chi connectivity index (χ4v) is 1.78. The first-order valence-corrected chi connectivity index (χ1v) is 6.51. The fraction of sp³-hybridized carbons (Fsp3) is 0.571. The van der Waals surface area contributed by atoms with E-state index in [-0.39, 0.29) is 16.9 Å². The summed E-state index contributed by atoms with van der Waals surface area (Å²) in [5.41, 5.74) is 5.71. The highest BCUT2D eigenvalue weighted by Crippen LogP contribution is 2.20. The molecule has 0 aromatic carbocycles. The molecule has 0 saturated heterocycles. The summed E-state index contributed by atoms with van der Waals surface area (Å²) in [5, 5.41) is 2.87. The van der Waals surface area contributed by atoms with Crippen molar-refractivity contribution in [3.05, 3.63) is 34.2 Å². The average Bonchev–Trinajstić information content (AvgIpc) is 2.37. The van der Waals surface area contributed by atoms with Crippen LogP contribution >= 0.6 is 0 Å². The lowest BCUT2D eigenvalue weighted by Crippen LogP contribution is -2.35. The van der Waals surface area contributed by atoms with Gasteiger partial charge in [0, 0.05) is 31.4 Å². The summed E-state index contributed by atoms with van der Waals surface area (Å²) in [4.78, 5) is 23.4. The van der Waals surface area contributed by atoms with Gasteiger partial charge in [-0.3, -0.25) is 9.59 Å². The van der Waals surface area contributed by atoms with Crippen molar-refractivity contribution in [2.75, 3.05) is 13.1 Å². The first-order chi connectivity index (χ1) is 8.85. The zero-order valence-corrected chi connectivity index (χ0v) is 11.9. The summed E-state index contributed by atoms with van der Waals surface area (Å²) in [7, 11) is 1.65. The highest BCUT2D eigenvalue weighted by atomic mass is 16.2. The van der Waals surface area contributed by atoms with Crippen molar-refractivity contribution < 1.29 is 4.79 Å². The molecule has 1 rings (SSSR count). The monoisotopic (exact) mass is 265 g/mol. The maximum absolute atomic E-state index is 11.9. The molecule has 1 heterocycles. The van der Waals surface area contributed by atoms with Gasteiger partial charge in [-0.05, 0) is 30.9 Å². The third-order valence-corrected chi connectivity index (χ3v) is 3.15. The van der Waals surface area contributed by atoms with Crippen LogP contribution in [0.3, 0.4) is 0 Å². The van der Waals surface area contributed by atoms with Crippen molar-refractivity contribution in [1.82, 2.24) is 9.88 Å². The standard InChI is InChI=1S/C14H23N3O2/c1-14(2,6-4-7-15)10-16-13(19)11-5-8-17(3)12(18)9-11/h5,8-9H,4,6-7,10,15H2,1-3H3,(H,16,19). The van der Waals surface area contributed by atoms with Crippen molar-refractivity contribution in [1.29, 1.82) is 0 Å². The average molecular weight is 265 g/mol. The SMILES string of the molecule is Cn1ccc(C(=O)NCC(C)(C)CCCN)cc1=O. The number of aromatic nitrogens is 1. The topological polar surface area (TPSA) is 77.1 Å². The number of nitrogens with one attached hydrogen (secondary N) is 1. The Morgan fingerprint density at radius 1 is 1.47 bits per heavy atom. The van der Waals surface area contributed by atoms with E-state index in [9.17, 15) is 9.59 Å². The normalized spacial score (nSPS) is 11.4. The number of nitrogens with two attached hydrogens (primary N) is 1. The summed E-state index contributed by atoms with van der Waals surface area (Å²) >= 11 is 0. The molecule has 5 heteroatoms. The van der Waals surface area contributed by atoms with Gasteiger partial charge in [0.1, 0.15) is 0 Å². The van der Waals surface area contributed by atoms with Gasteiger partial charge in [0.05, 0.1) is 0 Å². The van der Waals surface area contributed by atoms with Crippen molar-refractivity contribution in [3.63, 3.8) is 0 Å². The van der Waals surface area contributed by atoms with Crippen LogP contribution in [0.1, 0.15) is 37.0 Å². The molecule has 0 aliphatic carbocycles. The van der Waals surface area contributed by atoms with Gasteiger partial charge in [0.15, 0.2) is 0 Å². The van der Waals surface area contributed by atoms with E-state index in [4.69, 9.17) is 5.73 Å². The van der Waals surface area contributed by atoms with Crippen LogP contribution in [-0.2, 0) is 7.05 Å². The zero-order valence-electron chi connectivity index (χ0n) is 11.9. The Morgan fingerprint density at radius 3 is 2.74 bits per heavy atom. The number of amides is 1. The third-order valence-electron chi connectivity index (χ3n) is 3.15. The van der Waals surface area contributed by atoms with Crippen molar-refractivity contribution in [3.8, 4) is 0 Å². The molecule has 0 spiro atoms. The smallest absolute Gasteiger partial charge is 0.251 e. The molecule has 1 aromatic heterocycles. The summed E-state index contributed by atoms with van der Waals surface area (Å²) in [5.74, 6) is -0.210. The first kappa shape index (κ1) is 15.4. The Morgan fingerprint density at radius 2 is 2.16 bits per heavy atom. The van der Waals surface area contributed by atoms with Crippen LogP contribution in [0.15, 0.2) is 23.1 Å². The number of hydrogen-bond acceptors (Lipinski definition) is 3. The lowest BCUT2D eigenvalue weighted by molar-refractivity contribution is 0.0934. The molecule has 1 aromatic rings. The first-order valence-electron chi connectivity index (χ1n) is 6.51. The van der Waals surface area contributed by atoms with Gasteiger partial charge in [-0.25, -0.2) is 0 Å². The van der Waals surface area contributed by atoms with E-state index in [1.807, 2.05) is 0 Å². The predicted octanol–water partition coefficient (Wildman–Crippen LogP) is 0.880. The fourth-order valence-electron chi connectivity index (χ4n) is 1.78. The van der Waals surface area contributed by atoms with E-state index < -0.39 is 0 Å². The van der Waals surface area contributed by atoms with Gasteiger partial charge < -0.3 is 15.6 Å². The number of nitrogens with zero attached hydrogens (tertiary/aromatic N) is 1. The second-order valence-electron chi connectivity index (χ2n) is 5.60. The molecule has 0 unspecified atom stereocenters. The van der Waals surface area contributed by atoms with Gasteiger partial charge >= 0.3 is 0 Å².